The normalized spacial score (nSPS) is 10.3. The first kappa shape index (κ1) is 11.0. The minimum Gasteiger partial charge on any atom is -0.357 e. The van der Waals surface area contributed by atoms with Crippen LogP contribution >= 0.6 is 22.7 Å². The van der Waals surface area contributed by atoms with Crippen molar-refractivity contribution in [2.24, 2.45) is 0 Å². The molecule has 0 fully saturated rings. The minimum atomic E-state index is -0.432. The number of nitro groups is 1. The Kier molecular flexibility index (Phi) is 3.16. The molecule has 2 heterocycles. The lowest BCUT2D eigenvalue weighted by Gasteiger charge is -2.00. The van der Waals surface area contributed by atoms with Crippen molar-refractivity contribution in [3.8, 4) is 0 Å². The number of aromatic nitrogens is 1. The summed E-state index contributed by atoms with van der Waals surface area (Å²) in [7, 11) is 0. The van der Waals surface area contributed by atoms with Crippen LogP contribution in [0.1, 0.15) is 11.1 Å². The van der Waals surface area contributed by atoms with E-state index in [2.05, 4.69) is 21.1 Å². The number of hydrogen-bond donors (Lipinski definition) is 1. The molecule has 0 aliphatic heterocycles. The summed E-state index contributed by atoms with van der Waals surface area (Å²) in [5.41, 5.74) is 2.42. The van der Waals surface area contributed by atoms with E-state index in [9.17, 15) is 10.1 Å². The molecule has 0 unspecified atom stereocenters. The van der Waals surface area contributed by atoms with Crippen LogP contribution in [0.15, 0.2) is 17.0 Å². The van der Waals surface area contributed by atoms with Crippen molar-refractivity contribution in [2.75, 3.05) is 5.32 Å². The Bertz CT molecular complexity index is 506. The van der Waals surface area contributed by atoms with Crippen LogP contribution in [-0.2, 0) is 6.54 Å². The van der Waals surface area contributed by atoms with Gasteiger partial charge in [-0.05, 0) is 40.1 Å². The maximum atomic E-state index is 10.5. The van der Waals surface area contributed by atoms with E-state index >= 15 is 0 Å². The van der Waals surface area contributed by atoms with Crippen LogP contribution < -0.4 is 5.32 Å². The summed E-state index contributed by atoms with van der Waals surface area (Å²) in [4.78, 5) is 14.0. The molecular weight excluding hydrogens is 246 g/mol. The number of aryl methyl sites for hydroxylation is 1. The predicted octanol–water partition coefficient (Wildman–Crippen LogP) is 3.03. The average molecular weight is 255 g/mol. The van der Waals surface area contributed by atoms with Crippen molar-refractivity contribution in [3.63, 3.8) is 0 Å². The Labute approximate surface area is 99.9 Å². The highest BCUT2D eigenvalue weighted by Crippen LogP contribution is 2.25. The summed E-state index contributed by atoms with van der Waals surface area (Å²) in [6.45, 7) is 2.69. The van der Waals surface area contributed by atoms with E-state index in [1.807, 2.05) is 6.92 Å². The van der Waals surface area contributed by atoms with Gasteiger partial charge < -0.3 is 5.32 Å². The second-order valence-corrected chi connectivity index (χ2v) is 4.95. The highest BCUT2D eigenvalue weighted by molar-refractivity contribution is 7.18. The Hall–Kier alpha value is -1.47. The molecular formula is C9H9N3O2S2. The van der Waals surface area contributed by atoms with Gasteiger partial charge in [-0.3, -0.25) is 10.1 Å². The van der Waals surface area contributed by atoms with Crippen molar-refractivity contribution in [2.45, 2.75) is 13.5 Å². The molecule has 1 N–H and O–H groups in total. The Balaban J connectivity index is 2.00. The fraction of sp³-hybridized carbons (Fsp3) is 0.222. The van der Waals surface area contributed by atoms with E-state index in [1.165, 1.54) is 17.3 Å². The van der Waals surface area contributed by atoms with Crippen LogP contribution in [-0.4, -0.2) is 9.91 Å². The molecule has 0 saturated heterocycles. The van der Waals surface area contributed by atoms with E-state index in [4.69, 9.17) is 0 Å². The SMILES string of the molecule is Cc1cscc1CNc1ncc([N+](=O)[O-])s1. The molecule has 0 amide bonds. The van der Waals surface area contributed by atoms with Crippen molar-refractivity contribution >= 4 is 32.8 Å². The molecule has 7 heteroatoms. The summed E-state index contributed by atoms with van der Waals surface area (Å²) < 4.78 is 0. The van der Waals surface area contributed by atoms with Crippen molar-refractivity contribution in [1.29, 1.82) is 0 Å². The molecule has 0 radical (unpaired) electrons. The Morgan fingerprint density at radius 3 is 2.94 bits per heavy atom. The van der Waals surface area contributed by atoms with E-state index < -0.39 is 4.92 Å². The maximum Gasteiger partial charge on any atom is 0.345 e. The van der Waals surface area contributed by atoms with Gasteiger partial charge in [-0.15, -0.1) is 0 Å². The fourth-order valence-electron chi connectivity index (χ4n) is 1.17. The van der Waals surface area contributed by atoms with Crippen LogP contribution in [0.5, 0.6) is 0 Å². The van der Waals surface area contributed by atoms with Gasteiger partial charge in [-0.2, -0.15) is 11.3 Å². The van der Waals surface area contributed by atoms with E-state index in [1.54, 1.807) is 11.3 Å². The van der Waals surface area contributed by atoms with Crippen LogP contribution in [0.2, 0.25) is 0 Å². The number of hydrogen-bond acceptors (Lipinski definition) is 6. The van der Waals surface area contributed by atoms with Crippen LogP contribution in [0.25, 0.3) is 0 Å². The first-order chi connectivity index (χ1) is 7.66. The summed E-state index contributed by atoms with van der Waals surface area (Å²) in [5.74, 6) is 0. The molecule has 84 valence electrons. The largest absolute Gasteiger partial charge is 0.357 e. The molecule has 2 rings (SSSR count). The third-order valence-electron chi connectivity index (χ3n) is 2.07. The second-order valence-electron chi connectivity index (χ2n) is 3.19. The summed E-state index contributed by atoms with van der Waals surface area (Å²) in [5, 5.41) is 18.3. The lowest BCUT2D eigenvalue weighted by molar-refractivity contribution is -0.380. The zero-order valence-electron chi connectivity index (χ0n) is 8.47. The summed E-state index contributed by atoms with van der Waals surface area (Å²) in [6.07, 6.45) is 1.27. The van der Waals surface area contributed by atoms with Crippen molar-refractivity contribution < 1.29 is 4.92 Å². The van der Waals surface area contributed by atoms with E-state index in [0.29, 0.717) is 11.7 Å². The summed E-state index contributed by atoms with van der Waals surface area (Å²) in [6, 6.07) is 0. The number of anilines is 1. The molecule has 0 aliphatic rings. The number of thiophene rings is 1. The van der Waals surface area contributed by atoms with Crippen LogP contribution in [0.3, 0.4) is 0 Å². The Morgan fingerprint density at radius 2 is 2.38 bits per heavy atom. The number of thiazole rings is 1. The van der Waals surface area contributed by atoms with Gasteiger partial charge in [-0.1, -0.05) is 0 Å². The van der Waals surface area contributed by atoms with Crippen LogP contribution in [0.4, 0.5) is 10.1 Å². The number of rotatable bonds is 4. The standard InChI is InChI=1S/C9H9N3O2S2/c1-6-4-15-5-7(6)2-10-9-11-3-8(16-9)12(13)14/h3-5H,2H2,1H3,(H,10,11). The molecule has 5 nitrogen and oxygen atoms in total. The lowest BCUT2D eigenvalue weighted by Crippen LogP contribution is -1.98. The van der Waals surface area contributed by atoms with E-state index in [-0.39, 0.29) is 5.00 Å². The highest BCUT2D eigenvalue weighted by atomic mass is 32.1. The fourth-order valence-corrected chi connectivity index (χ4v) is 2.66. The van der Waals surface area contributed by atoms with Gasteiger partial charge in [0.15, 0.2) is 5.13 Å². The number of nitrogens with one attached hydrogen (secondary N) is 1. The van der Waals surface area contributed by atoms with Crippen LogP contribution in [0, 0.1) is 17.0 Å². The molecule has 0 spiro atoms. The quantitative estimate of drug-likeness (QED) is 0.673. The van der Waals surface area contributed by atoms with Crippen molar-refractivity contribution in [3.05, 3.63) is 38.2 Å². The van der Waals surface area contributed by atoms with Gasteiger partial charge >= 0.3 is 5.00 Å². The molecule has 0 atom stereocenters. The average Bonchev–Trinajstić information content (AvgIpc) is 2.83. The minimum absolute atomic E-state index is 0.0598. The zero-order chi connectivity index (χ0) is 11.5. The number of nitrogens with zero attached hydrogens (tertiary/aromatic N) is 2. The summed E-state index contributed by atoms with van der Waals surface area (Å²) >= 11 is 2.70. The van der Waals surface area contributed by atoms with E-state index in [0.717, 1.165) is 11.3 Å². The topological polar surface area (TPSA) is 68.1 Å². The smallest absolute Gasteiger partial charge is 0.345 e. The second kappa shape index (κ2) is 4.58. The maximum absolute atomic E-state index is 10.5. The molecule has 16 heavy (non-hydrogen) atoms. The zero-order valence-corrected chi connectivity index (χ0v) is 10.1. The molecule has 0 bridgehead atoms. The Morgan fingerprint density at radius 1 is 1.56 bits per heavy atom. The van der Waals surface area contributed by atoms with Gasteiger partial charge in [0.1, 0.15) is 6.20 Å². The predicted molar refractivity (Wildman–Crippen MR) is 65.2 cm³/mol. The molecule has 0 aliphatic carbocycles. The van der Waals surface area contributed by atoms with Gasteiger partial charge in [-0.25, -0.2) is 4.98 Å². The van der Waals surface area contributed by atoms with Crippen molar-refractivity contribution in [1.82, 2.24) is 4.98 Å². The van der Waals surface area contributed by atoms with Gasteiger partial charge in [0.05, 0.1) is 4.92 Å². The molecule has 2 aromatic rings. The third kappa shape index (κ3) is 2.37. The molecule has 2 aromatic heterocycles. The lowest BCUT2D eigenvalue weighted by atomic mass is 10.2. The van der Waals surface area contributed by atoms with Gasteiger partial charge in [0.2, 0.25) is 0 Å². The monoisotopic (exact) mass is 255 g/mol. The highest BCUT2D eigenvalue weighted by Gasteiger charge is 2.11. The van der Waals surface area contributed by atoms with Gasteiger partial charge in [0, 0.05) is 6.54 Å². The third-order valence-corrected chi connectivity index (χ3v) is 3.88. The van der Waals surface area contributed by atoms with Gasteiger partial charge in [0.25, 0.3) is 0 Å². The first-order valence-electron chi connectivity index (χ1n) is 4.52. The molecule has 0 saturated carbocycles. The molecule has 0 aromatic carbocycles. The first-order valence-corrected chi connectivity index (χ1v) is 6.28.